The SMILES string of the molecule is CC(C)(CC(=O)O)CC(N)c1ccc(F)cc1. The lowest BCUT2D eigenvalue weighted by Gasteiger charge is -2.26. The highest BCUT2D eigenvalue weighted by molar-refractivity contribution is 5.67. The number of carbonyl (C=O) groups is 1. The van der Waals surface area contributed by atoms with Crippen LogP contribution in [0.3, 0.4) is 0 Å². The van der Waals surface area contributed by atoms with Gasteiger partial charge in [-0.25, -0.2) is 4.39 Å². The summed E-state index contributed by atoms with van der Waals surface area (Å²) >= 11 is 0. The molecule has 0 saturated carbocycles. The Kier molecular flexibility index (Phi) is 4.23. The maximum atomic E-state index is 12.7. The molecule has 1 aromatic carbocycles. The summed E-state index contributed by atoms with van der Waals surface area (Å²) in [6.07, 6.45) is 0.618. The first-order chi connectivity index (χ1) is 7.80. The van der Waals surface area contributed by atoms with E-state index in [2.05, 4.69) is 0 Å². The zero-order valence-corrected chi connectivity index (χ0v) is 10.1. The van der Waals surface area contributed by atoms with E-state index in [4.69, 9.17) is 10.8 Å². The smallest absolute Gasteiger partial charge is 0.303 e. The molecule has 3 N–H and O–H groups in total. The maximum absolute atomic E-state index is 12.7. The molecule has 0 aliphatic rings. The van der Waals surface area contributed by atoms with Gasteiger partial charge >= 0.3 is 5.97 Å². The Bertz CT molecular complexity index is 387. The fourth-order valence-corrected chi connectivity index (χ4v) is 1.90. The molecule has 3 nitrogen and oxygen atoms in total. The molecular weight excluding hydrogens is 221 g/mol. The zero-order chi connectivity index (χ0) is 13.1. The van der Waals surface area contributed by atoms with Crippen LogP contribution in [0.4, 0.5) is 4.39 Å². The molecule has 4 heteroatoms. The van der Waals surface area contributed by atoms with E-state index in [9.17, 15) is 9.18 Å². The lowest BCUT2D eigenvalue weighted by atomic mass is 9.81. The van der Waals surface area contributed by atoms with Crippen LogP contribution >= 0.6 is 0 Å². The first-order valence-corrected chi connectivity index (χ1v) is 5.53. The molecule has 0 fully saturated rings. The molecule has 0 heterocycles. The summed E-state index contributed by atoms with van der Waals surface area (Å²) in [5, 5.41) is 8.78. The lowest BCUT2D eigenvalue weighted by Crippen LogP contribution is -2.24. The number of carboxylic acids is 1. The van der Waals surface area contributed by atoms with E-state index >= 15 is 0 Å². The third-order valence-electron chi connectivity index (χ3n) is 2.70. The molecule has 0 spiro atoms. The second kappa shape index (κ2) is 5.27. The number of benzene rings is 1. The van der Waals surface area contributed by atoms with E-state index in [1.54, 1.807) is 12.1 Å². The lowest BCUT2D eigenvalue weighted by molar-refractivity contribution is -0.139. The number of halogens is 1. The third-order valence-corrected chi connectivity index (χ3v) is 2.70. The largest absolute Gasteiger partial charge is 0.481 e. The van der Waals surface area contributed by atoms with Crippen LogP contribution in [-0.2, 0) is 4.79 Å². The monoisotopic (exact) mass is 239 g/mol. The molecule has 1 atom stereocenters. The molecule has 1 rings (SSSR count). The Labute approximate surface area is 100 Å². The summed E-state index contributed by atoms with van der Waals surface area (Å²) in [4.78, 5) is 10.7. The number of hydrogen-bond donors (Lipinski definition) is 2. The molecule has 0 aromatic heterocycles. The van der Waals surface area contributed by atoms with Crippen LogP contribution in [0.2, 0.25) is 0 Å². The summed E-state index contributed by atoms with van der Waals surface area (Å²) in [5.74, 6) is -1.13. The normalized spacial score (nSPS) is 13.4. The average molecular weight is 239 g/mol. The predicted molar refractivity (Wildman–Crippen MR) is 64.0 cm³/mol. The van der Waals surface area contributed by atoms with Crippen LogP contribution in [0.1, 0.15) is 38.3 Å². The summed E-state index contributed by atoms with van der Waals surface area (Å²) in [7, 11) is 0. The quantitative estimate of drug-likeness (QED) is 0.830. The van der Waals surface area contributed by atoms with Crippen molar-refractivity contribution < 1.29 is 14.3 Å². The highest BCUT2D eigenvalue weighted by atomic mass is 19.1. The van der Waals surface area contributed by atoms with Gasteiger partial charge in [-0.1, -0.05) is 26.0 Å². The van der Waals surface area contributed by atoms with E-state index in [1.807, 2.05) is 13.8 Å². The van der Waals surface area contributed by atoms with Crippen molar-refractivity contribution in [2.24, 2.45) is 11.1 Å². The second-order valence-corrected chi connectivity index (χ2v) is 5.10. The van der Waals surface area contributed by atoms with Crippen molar-refractivity contribution in [3.05, 3.63) is 35.6 Å². The highest BCUT2D eigenvalue weighted by Crippen LogP contribution is 2.31. The summed E-state index contributed by atoms with van der Waals surface area (Å²) in [5.41, 5.74) is 6.44. The Morgan fingerprint density at radius 1 is 1.41 bits per heavy atom. The van der Waals surface area contributed by atoms with E-state index in [-0.39, 0.29) is 23.7 Å². The highest BCUT2D eigenvalue weighted by Gasteiger charge is 2.25. The molecule has 1 unspecified atom stereocenters. The van der Waals surface area contributed by atoms with Gasteiger partial charge in [-0.05, 0) is 29.5 Å². The van der Waals surface area contributed by atoms with Gasteiger partial charge in [0.05, 0.1) is 6.42 Å². The summed E-state index contributed by atoms with van der Waals surface area (Å²) in [6.45, 7) is 3.73. The molecule has 17 heavy (non-hydrogen) atoms. The molecule has 94 valence electrons. The predicted octanol–water partition coefficient (Wildman–Crippen LogP) is 2.72. The fraction of sp³-hybridized carbons (Fsp3) is 0.462. The summed E-state index contributed by atoms with van der Waals surface area (Å²) < 4.78 is 12.7. The Morgan fingerprint density at radius 3 is 2.41 bits per heavy atom. The van der Waals surface area contributed by atoms with E-state index < -0.39 is 5.97 Å². The standard InChI is InChI=1S/C13H18FNO2/c1-13(2,8-12(16)17)7-11(15)9-3-5-10(14)6-4-9/h3-6,11H,7-8,15H2,1-2H3,(H,16,17). The van der Waals surface area contributed by atoms with Crippen molar-refractivity contribution in [2.45, 2.75) is 32.7 Å². The zero-order valence-electron chi connectivity index (χ0n) is 10.1. The van der Waals surface area contributed by atoms with Crippen molar-refractivity contribution in [2.75, 3.05) is 0 Å². The number of rotatable bonds is 5. The molecule has 0 aliphatic heterocycles. The molecule has 0 radical (unpaired) electrons. The van der Waals surface area contributed by atoms with Crippen LogP contribution < -0.4 is 5.73 Å². The maximum Gasteiger partial charge on any atom is 0.303 e. The van der Waals surface area contributed by atoms with Crippen LogP contribution in [0.25, 0.3) is 0 Å². The minimum Gasteiger partial charge on any atom is -0.481 e. The van der Waals surface area contributed by atoms with E-state index in [1.165, 1.54) is 12.1 Å². The number of hydrogen-bond acceptors (Lipinski definition) is 2. The molecule has 0 amide bonds. The summed E-state index contributed by atoms with van der Waals surface area (Å²) in [6, 6.07) is 5.72. The molecular formula is C13H18FNO2. The van der Waals surface area contributed by atoms with Gasteiger partial charge in [0.25, 0.3) is 0 Å². The second-order valence-electron chi connectivity index (χ2n) is 5.10. The third kappa shape index (κ3) is 4.53. The Hall–Kier alpha value is -1.42. The average Bonchev–Trinajstić information content (AvgIpc) is 2.15. The van der Waals surface area contributed by atoms with Crippen molar-refractivity contribution in [1.82, 2.24) is 0 Å². The minimum absolute atomic E-state index is 0.0713. The van der Waals surface area contributed by atoms with Crippen LogP contribution in [-0.4, -0.2) is 11.1 Å². The van der Waals surface area contributed by atoms with Crippen molar-refractivity contribution >= 4 is 5.97 Å². The van der Waals surface area contributed by atoms with Crippen molar-refractivity contribution in [3.8, 4) is 0 Å². The van der Waals surface area contributed by atoms with Gasteiger partial charge in [-0.2, -0.15) is 0 Å². The van der Waals surface area contributed by atoms with Gasteiger partial charge in [-0.15, -0.1) is 0 Å². The molecule has 0 aliphatic carbocycles. The van der Waals surface area contributed by atoms with Crippen LogP contribution in [0.15, 0.2) is 24.3 Å². The van der Waals surface area contributed by atoms with E-state index in [0.29, 0.717) is 6.42 Å². The molecule has 0 saturated heterocycles. The number of nitrogens with two attached hydrogens (primary N) is 1. The minimum atomic E-state index is -0.832. The first-order valence-electron chi connectivity index (χ1n) is 5.53. The van der Waals surface area contributed by atoms with Gasteiger partial charge < -0.3 is 10.8 Å². The number of carboxylic acid groups (broad SMARTS) is 1. The fourth-order valence-electron chi connectivity index (χ4n) is 1.90. The van der Waals surface area contributed by atoms with Crippen LogP contribution in [0.5, 0.6) is 0 Å². The molecule has 1 aromatic rings. The Balaban J connectivity index is 2.68. The molecule has 0 bridgehead atoms. The van der Waals surface area contributed by atoms with Crippen molar-refractivity contribution in [3.63, 3.8) is 0 Å². The van der Waals surface area contributed by atoms with Gasteiger partial charge in [0.1, 0.15) is 5.82 Å². The van der Waals surface area contributed by atoms with Crippen LogP contribution in [0, 0.1) is 11.2 Å². The van der Waals surface area contributed by atoms with Gasteiger partial charge in [-0.3, -0.25) is 4.79 Å². The Morgan fingerprint density at radius 2 is 1.94 bits per heavy atom. The topological polar surface area (TPSA) is 63.3 Å². The van der Waals surface area contributed by atoms with Gasteiger partial charge in [0.2, 0.25) is 0 Å². The van der Waals surface area contributed by atoms with Gasteiger partial charge in [0, 0.05) is 6.04 Å². The van der Waals surface area contributed by atoms with E-state index in [0.717, 1.165) is 5.56 Å². The van der Waals surface area contributed by atoms with Gasteiger partial charge in [0.15, 0.2) is 0 Å². The number of aliphatic carboxylic acids is 1. The van der Waals surface area contributed by atoms with Crippen molar-refractivity contribution in [1.29, 1.82) is 0 Å². The first kappa shape index (κ1) is 13.6.